The van der Waals surface area contributed by atoms with E-state index in [9.17, 15) is 0 Å². The molecule has 4 unspecified atom stereocenters. The number of para-hydroxylation sites is 2. The van der Waals surface area contributed by atoms with Crippen LogP contribution in [0, 0.1) is 35.5 Å². The zero-order chi connectivity index (χ0) is 48.6. The number of nitrogens with zero attached hydrogens (tertiary/aromatic N) is 2. The second kappa shape index (κ2) is 13.1. The van der Waals surface area contributed by atoms with Crippen LogP contribution in [0.2, 0.25) is 0 Å². The van der Waals surface area contributed by atoms with Crippen molar-refractivity contribution in [3.8, 4) is 39.1 Å². The van der Waals surface area contributed by atoms with E-state index >= 15 is 0 Å². The van der Waals surface area contributed by atoms with Gasteiger partial charge in [0.15, 0.2) is 0 Å². The average molecular weight is 965 g/mol. The molecule has 7 bridgehead atoms. The fraction of sp³-hybridized carbons (Fsp3) is 0.333. The monoisotopic (exact) mass is 964 g/mol. The summed E-state index contributed by atoms with van der Waals surface area (Å²) in [7, 11) is 0. The molecule has 7 fully saturated rings. The largest absolute Gasteiger partial charge is 0.376 e. The minimum Gasteiger partial charge on any atom is -0.376 e. The van der Waals surface area contributed by atoms with Gasteiger partial charge in [-0.3, -0.25) is 0 Å². The van der Waals surface area contributed by atoms with E-state index in [1.165, 1.54) is 194 Å². The minimum absolute atomic E-state index is 0.0196. The van der Waals surface area contributed by atoms with Gasteiger partial charge in [0.2, 0.25) is 0 Å². The third-order valence-electron chi connectivity index (χ3n) is 23.8. The molecule has 4 atom stereocenters. The molecule has 3 aliphatic heterocycles. The van der Waals surface area contributed by atoms with E-state index < -0.39 is 5.41 Å². The number of hydrogen-bond acceptors (Lipinski definition) is 1. The van der Waals surface area contributed by atoms with Crippen molar-refractivity contribution < 1.29 is 0 Å². The number of benzene rings is 8. The molecule has 362 valence electrons. The molecule has 0 N–H and O–H groups in total. The molecule has 9 aliphatic carbocycles. The summed E-state index contributed by atoms with van der Waals surface area (Å²) >= 11 is 0. The summed E-state index contributed by atoms with van der Waals surface area (Å²) in [5.74, 6) is 5.43. The number of fused-ring (bicyclic) bond motifs is 22. The Bertz CT molecular complexity index is 4080. The van der Waals surface area contributed by atoms with Crippen LogP contribution in [0.5, 0.6) is 0 Å². The van der Waals surface area contributed by atoms with Gasteiger partial charge in [0, 0.05) is 38.8 Å². The molecule has 2 nitrogen and oxygen atoms in total. The molecule has 1 spiro atoms. The average Bonchev–Trinajstić information content (AvgIpc) is 4.07. The summed E-state index contributed by atoms with van der Waals surface area (Å²) in [5, 5.41) is 3.04. The van der Waals surface area contributed by atoms with Crippen LogP contribution in [0.25, 0.3) is 60.9 Å². The van der Waals surface area contributed by atoms with Gasteiger partial charge in [-0.1, -0.05) is 135 Å². The molecule has 0 amide bonds. The maximum absolute atomic E-state index is 2.93. The second-order valence-electron chi connectivity index (χ2n) is 27.4. The summed E-state index contributed by atoms with van der Waals surface area (Å²) < 4.78 is 2.89. The van der Waals surface area contributed by atoms with Gasteiger partial charge >= 0.3 is 6.85 Å². The smallest absolute Gasteiger partial charge is 0.333 e. The molecule has 75 heavy (non-hydrogen) atoms. The maximum atomic E-state index is 2.93. The van der Waals surface area contributed by atoms with Crippen LogP contribution in [0.1, 0.15) is 135 Å². The first kappa shape index (κ1) is 40.7. The summed E-state index contributed by atoms with van der Waals surface area (Å²) in [4.78, 5) is 2.93. The molecule has 4 heterocycles. The van der Waals surface area contributed by atoms with Gasteiger partial charge < -0.3 is 9.38 Å². The molecule has 0 radical (unpaired) electrons. The molecule has 9 aromatic rings. The maximum Gasteiger partial charge on any atom is 0.333 e. The summed E-state index contributed by atoms with van der Waals surface area (Å²) in [6.45, 7) is 5.06. The number of hydrogen-bond donors (Lipinski definition) is 0. The molecule has 12 aliphatic rings. The van der Waals surface area contributed by atoms with E-state index in [1.807, 2.05) is 0 Å². The minimum atomic E-state index is -0.468. The predicted octanol–water partition coefficient (Wildman–Crippen LogP) is 15.9. The predicted molar refractivity (Wildman–Crippen MR) is 308 cm³/mol. The second-order valence-corrected chi connectivity index (χ2v) is 27.4. The van der Waals surface area contributed by atoms with E-state index in [1.54, 1.807) is 11.1 Å². The Morgan fingerprint density at radius 3 is 1.84 bits per heavy atom. The molecule has 0 saturated heterocycles. The Hall–Kier alpha value is -6.58. The lowest BCUT2D eigenvalue weighted by molar-refractivity contribution is -0.00512. The molecular weight excluding hydrogens is 904 g/mol. The molecule has 21 rings (SSSR count). The lowest BCUT2D eigenvalue weighted by Gasteiger charge is -2.57. The fourth-order valence-corrected chi connectivity index (χ4v) is 21.8. The van der Waals surface area contributed by atoms with Gasteiger partial charge in [0.25, 0.3) is 0 Å². The van der Waals surface area contributed by atoms with Gasteiger partial charge in [-0.2, -0.15) is 0 Å². The first-order chi connectivity index (χ1) is 36.8. The third kappa shape index (κ3) is 4.57. The van der Waals surface area contributed by atoms with Crippen molar-refractivity contribution in [1.29, 1.82) is 0 Å². The summed E-state index contributed by atoms with van der Waals surface area (Å²) in [5.41, 5.74) is 30.3. The molecular formula is C72H61BN2. The van der Waals surface area contributed by atoms with Gasteiger partial charge in [-0.05, 0) is 237 Å². The highest BCUT2D eigenvalue weighted by molar-refractivity contribution is 6.94. The molecule has 3 heteroatoms. The topological polar surface area (TPSA) is 8.17 Å². The van der Waals surface area contributed by atoms with Crippen LogP contribution in [0.4, 0.5) is 11.4 Å². The van der Waals surface area contributed by atoms with Gasteiger partial charge in [-0.15, -0.1) is 0 Å². The highest BCUT2D eigenvalue weighted by Crippen LogP contribution is 2.67. The Kier molecular flexibility index (Phi) is 7.13. The molecule has 8 aromatic carbocycles. The van der Waals surface area contributed by atoms with Crippen LogP contribution in [-0.4, -0.2) is 11.4 Å². The Balaban J connectivity index is 0.950. The molecule has 7 saturated carbocycles. The first-order valence-corrected chi connectivity index (χ1v) is 29.5. The highest BCUT2D eigenvalue weighted by atomic mass is 15.1. The highest BCUT2D eigenvalue weighted by Gasteiger charge is 2.59. The van der Waals surface area contributed by atoms with Crippen LogP contribution in [0.3, 0.4) is 0 Å². The van der Waals surface area contributed by atoms with Crippen molar-refractivity contribution in [2.24, 2.45) is 35.5 Å². The standard InChI is InChI=1S/C72H61BN2/c1-69(2)56-16-6-3-14-50(56)53-34-54-51-15-11-20-60-66(51)75(63-21-10-9-19-59(63)72(60)57-17-7-4-12-48(57)49-13-5-8-18-58(49)72)73-61-33-47(70-25-24-44-29-43(35-70)30-45(44)39-70)32-55-52-31-46(71-36-40-26-41(37-71)28-42(27-40)38-71)22-23-62(52)74(67(55)61)68(64(53)69)65(54)73/h3-23,31-34,40-45H,24-30,35-39H2,1-2H3. The zero-order valence-corrected chi connectivity index (χ0v) is 43.4. The van der Waals surface area contributed by atoms with Crippen LogP contribution >= 0.6 is 0 Å². The van der Waals surface area contributed by atoms with Crippen LogP contribution in [-0.2, 0) is 21.7 Å². The van der Waals surface area contributed by atoms with Crippen LogP contribution in [0.15, 0.2) is 152 Å². The zero-order valence-electron chi connectivity index (χ0n) is 43.4. The van der Waals surface area contributed by atoms with Crippen molar-refractivity contribution in [2.75, 3.05) is 4.81 Å². The van der Waals surface area contributed by atoms with Crippen molar-refractivity contribution >= 4 is 51.0 Å². The van der Waals surface area contributed by atoms with E-state index in [0.29, 0.717) is 5.41 Å². The van der Waals surface area contributed by atoms with E-state index in [-0.39, 0.29) is 17.7 Å². The first-order valence-electron chi connectivity index (χ1n) is 29.5. The Morgan fingerprint density at radius 2 is 1.08 bits per heavy atom. The number of aromatic nitrogens is 1. The normalized spacial score (nSPS) is 29.6. The Morgan fingerprint density at radius 1 is 0.467 bits per heavy atom. The van der Waals surface area contributed by atoms with Gasteiger partial charge in [0.1, 0.15) is 0 Å². The molecule has 1 aromatic heterocycles. The summed E-state index contributed by atoms with van der Waals surface area (Å²) in [6.07, 6.45) is 17.1. The Labute approximate surface area is 441 Å². The number of anilines is 2. The quantitative estimate of drug-likeness (QED) is 0.157. The lowest BCUT2D eigenvalue weighted by atomic mass is 9.41. The number of rotatable bonds is 2. The summed E-state index contributed by atoms with van der Waals surface area (Å²) in [6, 6.07) is 61.9. The van der Waals surface area contributed by atoms with Gasteiger partial charge in [-0.25, -0.2) is 0 Å². The van der Waals surface area contributed by atoms with E-state index in [0.717, 1.165) is 35.5 Å². The van der Waals surface area contributed by atoms with Crippen molar-refractivity contribution in [1.82, 2.24) is 4.57 Å². The van der Waals surface area contributed by atoms with Crippen LogP contribution < -0.4 is 15.7 Å². The third-order valence-corrected chi connectivity index (χ3v) is 23.8. The van der Waals surface area contributed by atoms with E-state index in [4.69, 9.17) is 0 Å². The fourth-order valence-electron chi connectivity index (χ4n) is 21.8. The van der Waals surface area contributed by atoms with Crippen molar-refractivity contribution in [3.05, 3.63) is 196 Å². The van der Waals surface area contributed by atoms with Crippen molar-refractivity contribution in [2.45, 2.75) is 113 Å². The van der Waals surface area contributed by atoms with Gasteiger partial charge in [0.05, 0.1) is 16.4 Å². The van der Waals surface area contributed by atoms with E-state index in [2.05, 4.69) is 175 Å². The lowest BCUT2D eigenvalue weighted by Crippen LogP contribution is -2.63. The SMILES string of the molecule is CC1(C)c2ccccc2-c2cc3c4c(c21)-n1c2ccc(C56CC7CC(CC(C7)C5)C6)cc2c2cc(C56CCC7CC(CC7C5)C6)cc(c21)B4N1c2ccccc2C2(c4ccccc4-c4ccccc42)c2cccc-3c21. The van der Waals surface area contributed by atoms with Crippen molar-refractivity contribution in [3.63, 3.8) is 0 Å².